The van der Waals surface area contributed by atoms with Crippen LogP contribution >= 0.6 is 15.9 Å². The molecule has 1 heterocycles. The molecular weight excluding hydrogens is 341 g/mol. The van der Waals surface area contributed by atoms with Crippen molar-refractivity contribution in [3.8, 4) is 0 Å². The number of halogens is 4. The average Bonchev–Trinajstić information content (AvgIpc) is 2.70. The first-order valence-electron chi connectivity index (χ1n) is 5.53. The van der Waals surface area contributed by atoms with E-state index in [-0.39, 0.29) is 5.56 Å². The molecule has 0 aliphatic heterocycles. The van der Waals surface area contributed by atoms with Gasteiger partial charge in [-0.3, -0.25) is 4.79 Å². The third kappa shape index (κ3) is 2.66. The number of alkyl halides is 3. The van der Waals surface area contributed by atoms with E-state index in [0.29, 0.717) is 15.4 Å². The predicted octanol–water partition coefficient (Wildman–Crippen LogP) is 2.99. The highest BCUT2D eigenvalue weighted by Crippen LogP contribution is 2.40. The molecule has 1 aromatic carbocycles. The fraction of sp³-hybridized carbons (Fsp3) is 0.250. The van der Waals surface area contributed by atoms with Crippen molar-refractivity contribution in [1.29, 1.82) is 0 Å². The Morgan fingerprint density at radius 3 is 2.60 bits per heavy atom. The average molecular weight is 351 g/mol. The van der Waals surface area contributed by atoms with Crippen molar-refractivity contribution in [3.05, 3.63) is 34.4 Å². The number of carboxylic acids is 1. The standard InChI is InChI=1S/C12H10BrF3N2O2/c13-5-1-2-8-6(3-5)7(4-18-8)9(12(14,15)16)10(17)11(19)20/h1-4,9-10,18H,17H2,(H,19,20). The van der Waals surface area contributed by atoms with Gasteiger partial charge in [-0.1, -0.05) is 15.9 Å². The maximum absolute atomic E-state index is 13.2. The molecule has 8 heteroatoms. The summed E-state index contributed by atoms with van der Waals surface area (Å²) < 4.78 is 40.1. The van der Waals surface area contributed by atoms with E-state index in [9.17, 15) is 18.0 Å². The van der Waals surface area contributed by atoms with Gasteiger partial charge < -0.3 is 15.8 Å². The maximum atomic E-state index is 13.2. The number of hydrogen-bond acceptors (Lipinski definition) is 2. The van der Waals surface area contributed by atoms with Crippen LogP contribution in [0.25, 0.3) is 10.9 Å². The molecule has 0 radical (unpaired) electrons. The number of aliphatic carboxylic acids is 1. The lowest BCUT2D eigenvalue weighted by Crippen LogP contribution is -2.43. The molecule has 0 spiro atoms. The molecule has 2 unspecified atom stereocenters. The minimum absolute atomic E-state index is 0.177. The summed E-state index contributed by atoms with van der Waals surface area (Å²) in [7, 11) is 0. The van der Waals surface area contributed by atoms with E-state index in [1.54, 1.807) is 12.1 Å². The highest BCUT2D eigenvalue weighted by molar-refractivity contribution is 9.10. The fourth-order valence-electron chi connectivity index (χ4n) is 2.09. The Bertz CT molecular complexity index is 654. The van der Waals surface area contributed by atoms with Gasteiger partial charge in [-0.25, -0.2) is 0 Å². The summed E-state index contributed by atoms with van der Waals surface area (Å²) in [4.78, 5) is 13.5. The summed E-state index contributed by atoms with van der Waals surface area (Å²) in [6.07, 6.45) is -3.60. The number of aromatic amines is 1. The zero-order valence-corrected chi connectivity index (χ0v) is 11.5. The monoisotopic (exact) mass is 350 g/mol. The van der Waals surface area contributed by atoms with E-state index in [1.807, 2.05) is 0 Å². The molecule has 0 fully saturated rings. The first-order valence-corrected chi connectivity index (χ1v) is 6.32. The highest BCUT2D eigenvalue weighted by atomic mass is 79.9. The zero-order chi connectivity index (χ0) is 15.1. The molecule has 2 atom stereocenters. The number of aromatic nitrogens is 1. The summed E-state index contributed by atoms with van der Waals surface area (Å²) in [6.45, 7) is 0. The number of carbonyl (C=O) groups is 1. The summed E-state index contributed by atoms with van der Waals surface area (Å²) in [5.74, 6) is -3.97. The van der Waals surface area contributed by atoms with Crippen molar-refractivity contribution < 1.29 is 23.1 Å². The smallest absolute Gasteiger partial charge is 0.397 e. The first-order chi connectivity index (χ1) is 9.21. The molecule has 20 heavy (non-hydrogen) atoms. The third-order valence-electron chi connectivity index (χ3n) is 3.01. The quantitative estimate of drug-likeness (QED) is 0.796. The summed E-state index contributed by atoms with van der Waals surface area (Å²) in [5.41, 5.74) is 5.53. The SMILES string of the molecule is NC(C(=O)O)C(c1c[nH]c2ccc(Br)cc12)C(F)(F)F. The molecule has 0 aliphatic rings. The van der Waals surface area contributed by atoms with Crippen LogP contribution in [0.4, 0.5) is 13.2 Å². The van der Waals surface area contributed by atoms with E-state index >= 15 is 0 Å². The molecule has 4 nitrogen and oxygen atoms in total. The van der Waals surface area contributed by atoms with Crippen molar-refractivity contribution >= 4 is 32.8 Å². The first kappa shape index (κ1) is 14.9. The Balaban J connectivity index is 2.63. The molecule has 2 rings (SSSR count). The number of nitrogens with one attached hydrogen (secondary N) is 1. The second-order valence-electron chi connectivity index (χ2n) is 4.32. The van der Waals surface area contributed by atoms with Crippen LogP contribution in [0.1, 0.15) is 11.5 Å². The van der Waals surface area contributed by atoms with E-state index in [0.717, 1.165) is 6.20 Å². The van der Waals surface area contributed by atoms with Gasteiger partial charge in [-0.15, -0.1) is 0 Å². The molecular formula is C12H10BrF3N2O2. The normalized spacial score (nSPS) is 15.2. The van der Waals surface area contributed by atoms with Gasteiger partial charge in [0.25, 0.3) is 0 Å². The van der Waals surface area contributed by atoms with Crippen molar-refractivity contribution in [2.75, 3.05) is 0 Å². The second-order valence-corrected chi connectivity index (χ2v) is 5.23. The van der Waals surface area contributed by atoms with Gasteiger partial charge in [0.05, 0.1) is 0 Å². The summed E-state index contributed by atoms with van der Waals surface area (Å²) in [5, 5.41) is 9.09. The molecule has 0 aliphatic carbocycles. The van der Waals surface area contributed by atoms with Crippen molar-refractivity contribution in [2.24, 2.45) is 5.73 Å². The Morgan fingerprint density at radius 1 is 1.40 bits per heavy atom. The van der Waals surface area contributed by atoms with Gasteiger partial charge >= 0.3 is 12.1 Å². The van der Waals surface area contributed by atoms with E-state index in [2.05, 4.69) is 20.9 Å². The predicted molar refractivity (Wildman–Crippen MR) is 70.4 cm³/mol. The molecule has 4 N–H and O–H groups in total. The second kappa shape index (κ2) is 5.10. The largest absolute Gasteiger partial charge is 0.480 e. The van der Waals surface area contributed by atoms with E-state index in [1.165, 1.54) is 6.07 Å². The summed E-state index contributed by atoms with van der Waals surface area (Å²) in [6, 6.07) is 2.70. The molecule has 0 amide bonds. The van der Waals surface area contributed by atoms with E-state index in [4.69, 9.17) is 10.8 Å². The molecule has 108 valence electrons. The Morgan fingerprint density at radius 2 is 2.05 bits per heavy atom. The third-order valence-corrected chi connectivity index (χ3v) is 3.50. The van der Waals surface area contributed by atoms with Crippen LogP contribution in [-0.4, -0.2) is 28.3 Å². The summed E-state index contributed by atoms with van der Waals surface area (Å²) >= 11 is 3.17. The molecule has 1 aromatic heterocycles. The van der Waals surface area contributed by atoms with Crippen LogP contribution < -0.4 is 5.73 Å². The van der Waals surface area contributed by atoms with Gasteiger partial charge in [-0.2, -0.15) is 13.2 Å². The van der Waals surface area contributed by atoms with Gasteiger partial charge in [0.2, 0.25) is 0 Å². The minimum Gasteiger partial charge on any atom is -0.480 e. The molecule has 2 aromatic rings. The van der Waals surface area contributed by atoms with Gasteiger partial charge in [0.15, 0.2) is 0 Å². The Kier molecular flexibility index (Phi) is 3.79. The Labute approximate surface area is 119 Å². The van der Waals surface area contributed by atoms with Crippen LogP contribution in [0.15, 0.2) is 28.9 Å². The van der Waals surface area contributed by atoms with E-state index < -0.39 is 24.1 Å². The van der Waals surface area contributed by atoms with Crippen LogP contribution in [0.3, 0.4) is 0 Å². The van der Waals surface area contributed by atoms with Crippen molar-refractivity contribution in [3.63, 3.8) is 0 Å². The number of carboxylic acid groups (broad SMARTS) is 1. The van der Waals surface area contributed by atoms with Gasteiger partial charge in [0.1, 0.15) is 12.0 Å². The molecule has 0 saturated carbocycles. The van der Waals surface area contributed by atoms with Crippen LogP contribution in [-0.2, 0) is 4.79 Å². The molecule has 0 bridgehead atoms. The minimum atomic E-state index is -4.75. The van der Waals surface area contributed by atoms with Crippen LogP contribution in [0.2, 0.25) is 0 Å². The number of fused-ring (bicyclic) bond motifs is 1. The number of benzene rings is 1. The van der Waals surface area contributed by atoms with Crippen LogP contribution in [0, 0.1) is 0 Å². The number of nitrogens with two attached hydrogens (primary N) is 1. The molecule has 0 saturated heterocycles. The Hall–Kier alpha value is -1.54. The van der Waals surface area contributed by atoms with Crippen molar-refractivity contribution in [1.82, 2.24) is 4.98 Å². The number of rotatable bonds is 3. The maximum Gasteiger partial charge on any atom is 0.397 e. The topological polar surface area (TPSA) is 79.1 Å². The zero-order valence-electron chi connectivity index (χ0n) is 9.91. The van der Waals surface area contributed by atoms with Gasteiger partial charge in [0, 0.05) is 21.6 Å². The van der Waals surface area contributed by atoms with Crippen molar-refractivity contribution in [2.45, 2.75) is 18.1 Å². The lowest BCUT2D eigenvalue weighted by atomic mass is 9.91. The number of H-pyrrole nitrogens is 1. The lowest BCUT2D eigenvalue weighted by molar-refractivity contribution is -0.166. The van der Waals surface area contributed by atoms with Gasteiger partial charge in [-0.05, 0) is 23.8 Å². The number of hydrogen-bond donors (Lipinski definition) is 3. The lowest BCUT2D eigenvalue weighted by Gasteiger charge is -2.23. The van der Waals surface area contributed by atoms with Crippen LogP contribution in [0.5, 0.6) is 0 Å². The highest BCUT2D eigenvalue weighted by Gasteiger charge is 2.48. The fourth-order valence-corrected chi connectivity index (χ4v) is 2.45.